The van der Waals surface area contributed by atoms with Crippen LogP contribution < -0.4 is 14.8 Å². The van der Waals surface area contributed by atoms with Crippen molar-refractivity contribution in [2.45, 2.75) is 13.0 Å². The molecule has 0 bridgehead atoms. The maximum Gasteiger partial charge on any atom is 0.343 e. The van der Waals surface area contributed by atoms with Crippen LogP contribution in [-0.2, 0) is 9.53 Å². The highest BCUT2D eigenvalue weighted by molar-refractivity contribution is 5.97. The maximum absolute atomic E-state index is 12.8. The summed E-state index contributed by atoms with van der Waals surface area (Å²) in [6.45, 7) is 5.54. The lowest BCUT2D eigenvalue weighted by molar-refractivity contribution is -0.138. The third kappa shape index (κ3) is 6.64. The van der Waals surface area contributed by atoms with E-state index in [9.17, 15) is 14.4 Å². The molecule has 4 aromatic rings. The summed E-state index contributed by atoms with van der Waals surface area (Å²) in [5.74, 6) is -0.426. The van der Waals surface area contributed by atoms with Gasteiger partial charge >= 0.3 is 11.9 Å². The molecular weight excluding hydrogens is 482 g/mol. The largest absolute Gasteiger partial charge is 0.490 e. The molecule has 0 unspecified atom stereocenters. The van der Waals surface area contributed by atoms with Gasteiger partial charge in [-0.25, -0.2) is 9.59 Å². The summed E-state index contributed by atoms with van der Waals surface area (Å²) < 4.78 is 15.7. The van der Waals surface area contributed by atoms with Gasteiger partial charge in [-0.15, -0.1) is 0 Å². The second kappa shape index (κ2) is 12.4. The molecule has 0 aliphatic rings. The predicted octanol–water partition coefficient (Wildman–Crippen LogP) is 5.66. The lowest BCUT2D eigenvalue weighted by Crippen LogP contribution is -2.26. The quantitative estimate of drug-likeness (QED) is 0.128. The topological polar surface area (TPSA) is 90.9 Å². The third-order valence-electron chi connectivity index (χ3n) is 5.82. The summed E-state index contributed by atoms with van der Waals surface area (Å²) >= 11 is 0. The maximum atomic E-state index is 12.8. The smallest absolute Gasteiger partial charge is 0.343 e. The van der Waals surface area contributed by atoms with E-state index in [1.165, 1.54) is 0 Å². The van der Waals surface area contributed by atoms with Gasteiger partial charge in [-0.2, -0.15) is 0 Å². The number of ether oxygens (including phenoxy) is 3. The molecule has 0 saturated carbocycles. The highest BCUT2D eigenvalue weighted by atomic mass is 16.6. The van der Waals surface area contributed by atoms with Crippen molar-refractivity contribution < 1.29 is 28.6 Å². The summed E-state index contributed by atoms with van der Waals surface area (Å²) in [5, 5.41) is 5.23. The van der Waals surface area contributed by atoms with E-state index >= 15 is 0 Å². The van der Waals surface area contributed by atoms with Crippen molar-refractivity contribution in [1.29, 1.82) is 0 Å². The second-order valence-corrected chi connectivity index (χ2v) is 8.42. The van der Waals surface area contributed by atoms with Gasteiger partial charge in [0.25, 0.3) is 5.91 Å². The van der Waals surface area contributed by atoms with Crippen LogP contribution in [0.4, 0.5) is 0 Å². The van der Waals surface area contributed by atoms with Crippen LogP contribution in [0.5, 0.6) is 11.5 Å². The molecule has 7 heteroatoms. The molecule has 4 rings (SSSR count). The van der Waals surface area contributed by atoms with Gasteiger partial charge < -0.3 is 19.5 Å². The van der Waals surface area contributed by atoms with Gasteiger partial charge in [-0.3, -0.25) is 4.79 Å². The van der Waals surface area contributed by atoms with Crippen LogP contribution in [0.2, 0.25) is 0 Å². The Bertz CT molecular complexity index is 1440. The Kier molecular flexibility index (Phi) is 8.51. The van der Waals surface area contributed by atoms with Crippen LogP contribution in [0.3, 0.4) is 0 Å². The number of amides is 1. The highest BCUT2D eigenvalue weighted by Gasteiger charge is 2.15. The molecule has 1 amide bonds. The number of fused-ring (bicyclic) bond motifs is 1. The highest BCUT2D eigenvalue weighted by Crippen LogP contribution is 2.24. The Morgan fingerprint density at radius 3 is 2.21 bits per heavy atom. The standard InChI is InChI=1S/C31H27NO6/c1-3-29(33)37-20-19-36-25-15-17-26(18-16-25)38-31(35)24-13-11-23(12-14-24)30(34)32-21(2)27-10-6-8-22-7-4-5-9-28(22)27/h3-18,21H,1,19-20H2,2H3,(H,32,34)/t21-/m0/s1. The van der Waals surface area contributed by atoms with Crippen LogP contribution in [0, 0.1) is 0 Å². The number of esters is 2. The molecule has 192 valence electrons. The summed E-state index contributed by atoms with van der Waals surface area (Å²) in [7, 11) is 0. The van der Waals surface area contributed by atoms with Gasteiger partial charge in [-0.1, -0.05) is 49.0 Å². The van der Waals surface area contributed by atoms with Gasteiger partial charge in [0.15, 0.2) is 0 Å². The molecule has 0 saturated heterocycles. The normalized spacial score (nSPS) is 11.3. The lowest BCUT2D eigenvalue weighted by atomic mass is 9.99. The van der Waals surface area contributed by atoms with Crippen LogP contribution in [0.1, 0.15) is 39.2 Å². The number of rotatable bonds is 10. The van der Waals surface area contributed by atoms with E-state index in [0.29, 0.717) is 22.6 Å². The minimum absolute atomic E-state index is 0.0949. The fourth-order valence-corrected chi connectivity index (χ4v) is 3.87. The zero-order valence-corrected chi connectivity index (χ0v) is 20.9. The average Bonchev–Trinajstić information content (AvgIpc) is 2.95. The van der Waals surface area contributed by atoms with Crippen LogP contribution in [0.15, 0.2) is 104 Å². The lowest BCUT2D eigenvalue weighted by Gasteiger charge is -2.17. The van der Waals surface area contributed by atoms with E-state index in [2.05, 4.69) is 11.9 Å². The zero-order valence-electron chi connectivity index (χ0n) is 20.9. The number of benzene rings is 4. The molecule has 0 fully saturated rings. The number of hydrogen-bond acceptors (Lipinski definition) is 6. The van der Waals surface area contributed by atoms with E-state index in [4.69, 9.17) is 14.2 Å². The van der Waals surface area contributed by atoms with Crippen molar-refractivity contribution in [3.8, 4) is 11.5 Å². The van der Waals surface area contributed by atoms with Gasteiger partial charge in [0.2, 0.25) is 0 Å². The van der Waals surface area contributed by atoms with Crippen molar-refractivity contribution >= 4 is 28.6 Å². The van der Waals surface area contributed by atoms with Crippen LogP contribution in [-0.4, -0.2) is 31.1 Å². The fraction of sp³-hybridized carbons (Fsp3) is 0.129. The van der Waals surface area contributed by atoms with E-state index in [1.54, 1.807) is 48.5 Å². The van der Waals surface area contributed by atoms with Crippen molar-refractivity contribution in [2.75, 3.05) is 13.2 Å². The second-order valence-electron chi connectivity index (χ2n) is 8.42. The first-order valence-corrected chi connectivity index (χ1v) is 12.1. The van der Waals surface area contributed by atoms with Gasteiger partial charge in [0, 0.05) is 11.6 Å². The summed E-state index contributed by atoms with van der Waals surface area (Å²) in [6.07, 6.45) is 1.08. The first-order valence-electron chi connectivity index (χ1n) is 12.1. The molecule has 0 aliphatic carbocycles. The SMILES string of the molecule is C=CC(=O)OCCOc1ccc(OC(=O)c2ccc(C(=O)N[C@@H](C)c3cccc4ccccc34)cc2)cc1. The fourth-order valence-electron chi connectivity index (χ4n) is 3.87. The van der Waals surface area contributed by atoms with Gasteiger partial charge in [-0.05, 0) is 71.8 Å². The monoisotopic (exact) mass is 509 g/mol. The molecule has 0 aliphatic heterocycles. The number of nitrogens with one attached hydrogen (secondary N) is 1. The Balaban J connectivity index is 1.31. The Hall–Kier alpha value is -4.91. The molecular formula is C31H27NO6. The minimum atomic E-state index is -0.550. The van der Waals surface area contributed by atoms with Crippen LogP contribution >= 0.6 is 0 Å². The van der Waals surface area contributed by atoms with E-state index in [1.807, 2.05) is 49.4 Å². The van der Waals surface area contributed by atoms with E-state index < -0.39 is 11.9 Å². The molecule has 38 heavy (non-hydrogen) atoms. The van der Waals surface area contributed by atoms with E-state index in [0.717, 1.165) is 22.4 Å². The van der Waals surface area contributed by atoms with Crippen molar-refractivity contribution in [3.63, 3.8) is 0 Å². The molecule has 0 heterocycles. The number of hydrogen-bond donors (Lipinski definition) is 1. The first-order chi connectivity index (χ1) is 18.4. The molecule has 0 aromatic heterocycles. The number of carbonyl (C=O) groups excluding carboxylic acids is 3. The van der Waals surface area contributed by atoms with Crippen molar-refractivity contribution in [3.05, 3.63) is 120 Å². The summed E-state index contributed by atoms with van der Waals surface area (Å²) in [6, 6.07) is 26.7. The minimum Gasteiger partial charge on any atom is -0.490 e. The molecule has 0 spiro atoms. The first kappa shape index (κ1) is 26.2. The predicted molar refractivity (Wildman–Crippen MR) is 144 cm³/mol. The molecule has 1 N–H and O–H groups in total. The summed E-state index contributed by atoms with van der Waals surface area (Å²) in [5.41, 5.74) is 1.78. The van der Waals surface area contributed by atoms with Crippen molar-refractivity contribution in [1.82, 2.24) is 5.32 Å². The molecule has 4 aromatic carbocycles. The Morgan fingerprint density at radius 2 is 1.47 bits per heavy atom. The molecule has 7 nitrogen and oxygen atoms in total. The zero-order chi connectivity index (χ0) is 26.9. The van der Waals surface area contributed by atoms with E-state index in [-0.39, 0.29) is 25.2 Å². The van der Waals surface area contributed by atoms with Crippen LogP contribution in [0.25, 0.3) is 10.8 Å². The Morgan fingerprint density at radius 1 is 0.816 bits per heavy atom. The van der Waals surface area contributed by atoms with Gasteiger partial charge in [0.05, 0.1) is 11.6 Å². The molecule has 1 atom stereocenters. The average molecular weight is 510 g/mol. The van der Waals surface area contributed by atoms with Crippen molar-refractivity contribution in [2.24, 2.45) is 0 Å². The number of carbonyl (C=O) groups is 3. The Labute approximate surface area is 220 Å². The molecule has 0 radical (unpaired) electrons. The van der Waals surface area contributed by atoms with Gasteiger partial charge in [0.1, 0.15) is 24.7 Å². The summed E-state index contributed by atoms with van der Waals surface area (Å²) in [4.78, 5) is 36.4. The third-order valence-corrected chi connectivity index (χ3v) is 5.82.